The van der Waals surface area contributed by atoms with E-state index in [2.05, 4.69) is 21.9 Å². The largest absolute Gasteiger partial charge is 0.508 e. The van der Waals surface area contributed by atoms with Crippen LogP contribution in [0.25, 0.3) is 5.57 Å². The van der Waals surface area contributed by atoms with Crippen LogP contribution in [-0.2, 0) is 9.47 Å². The molecule has 3 rings (SSSR count). The molecule has 1 aromatic rings. The minimum absolute atomic E-state index is 0.00495. The van der Waals surface area contributed by atoms with Crippen LogP contribution in [0.15, 0.2) is 53.5 Å². The average Bonchev–Trinajstić information content (AvgIpc) is 2.87. The first-order chi connectivity index (χ1) is 11.5. The fourth-order valence-electron chi connectivity index (χ4n) is 2.85. The van der Waals surface area contributed by atoms with Gasteiger partial charge in [-0.1, -0.05) is 23.7 Å². The van der Waals surface area contributed by atoms with Crippen molar-refractivity contribution in [3.05, 3.63) is 64.1 Å². The molecule has 1 unspecified atom stereocenters. The zero-order valence-corrected chi connectivity index (χ0v) is 14.6. The molecule has 0 bridgehead atoms. The zero-order chi connectivity index (χ0) is 17.3. The monoisotopic (exact) mass is 346 g/mol. The van der Waals surface area contributed by atoms with Crippen molar-refractivity contribution in [2.24, 2.45) is 0 Å². The van der Waals surface area contributed by atoms with Crippen molar-refractivity contribution >= 4 is 23.3 Å². The maximum Gasteiger partial charge on any atom is 0.508 e. The molecule has 1 atom stereocenters. The minimum Gasteiger partial charge on any atom is -0.438 e. The topological polar surface area (TPSA) is 50.8 Å². The van der Waals surface area contributed by atoms with Crippen LogP contribution in [0.1, 0.15) is 19.4 Å². The second-order valence-corrected chi connectivity index (χ2v) is 6.16. The number of rotatable bonds is 3. The second kappa shape index (κ2) is 6.61. The smallest absolute Gasteiger partial charge is 0.438 e. The number of fused-ring (bicyclic) bond motifs is 1. The lowest BCUT2D eigenvalue weighted by molar-refractivity contribution is 0.0801. The number of benzene rings is 1. The first kappa shape index (κ1) is 16.5. The van der Waals surface area contributed by atoms with E-state index in [0.29, 0.717) is 5.02 Å². The molecule has 0 aromatic heterocycles. The number of methoxy groups -OCH3 is 1. The molecule has 5 nitrogen and oxygen atoms in total. The minimum atomic E-state index is -0.696. The summed E-state index contributed by atoms with van der Waals surface area (Å²) in [6.07, 6.45) is 3.32. The number of hydrogen-bond acceptors (Lipinski definition) is 5. The van der Waals surface area contributed by atoms with Crippen molar-refractivity contribution in [3.63, 3.8) is 0 Å². The Balaban J connectivity index is 1.95. The summed E-state index contributed by atoms with van der Waals surface area (Å²) in [4.78, 5) is 13.4. The number of ether oxygens (including phenoxy) is 2. The van der Waals surface area contributed by atoms with Gasteiger partial charge in [0.2, 0.25) is 0 Å². The van der Waals surface area contributed by atoms with Crippen LogP contribution in [0.2, 0.25) is 5.02 Å². The third kappa shape index (κ3) is 3.12. The molecule has 1 N–H and O–H groups in total. The Labute approximate surface area is 146 Å². The lowest BCUT2D eigenvalue weighted by atomic mass is 9.97. The Bertz CT molecular complexity index is 767. The first-order valence-corrected chi connectivity index (χ1v) is 7.98. The van der Waals surface area contributed by atoms with Gasteiger partial charge in [-0.3, -0.25) is 0 Å². The summed E-state index contributed by atoms with van der Waals surface area (Å²) in [5.41, 5.74) is 5.21. The van der Waals surface area contributed by atoms with E-state index in [1.165, 1.54) is 7.11 Å². The number of carbonyl (C=O) groups excluding carboxylic acids is 1. The maximum atomic E-state index is 11.2. The Kier molecular flexibility index (Phi) is 4.53. The highest BCUT2D eigenvalue weighted by Crippen LogP contribution is 2.35. The molecule has 6 heteroatoms. The van der Waals surface area contributed by atoms with Gasteiger partial charge in [-0.05, 0) is 37.6 Å². The predicted octanol–water partition coefficient (Wildman–Crippen LogP) is 3.89. The van der Waals surface area contributed by atoms with Crippen molar-refractivity contribution in [3.8, 4) is 0 Å². The molecule has 0 saturated carbocycles. The van der Waals surface area contributed by atoms with E-state index in [1.807, 2.05) is 43.5 Å². The third-order valence-electron chi connectivity index (χ3n) is 4.18. The molecular formula is C18H19ClN2O3. The summed E-state index contributed by atoms with van der Waals surface area (Å²) >= 11 is 6.15. The number of nitrogens with zero attached hydrogens (tertiary/aromatic N) is 1. The normalized spacial score (nSPS) is 19.3. The number of carbonyl (C=O) groups is 1. The maximum absolute atomic E-state index is 11.2. The van der Waals surface area contributed by atoms with Crippen LogP contribution in [0, 0.1) is 0 Å². The second-order valence-electron chi connectivity index (χ2n) is 5.72. The van der Waals surface area contributed by atoms with Crippen molar-refractivity contribution < 1.29 is 14.3 Å². The molecule has 0 saturated heterocycles. The molecule has 0 radical (unpaired) electrons. The van der Waals surface area contributed by atoms with E-state index in [4.69, 9.17) is 16.3 Å². The fourth-order valence-corrected chi connectivity index (χ4v) is 3.04. The Morgan fingerprint density at radius 2 is 2.17 bits per heavy atom. The van der Waals surface area contributed by atoms with Crippen molar-refractivity contribution in [1.82, 2.24) is 10.2 Å². The van der Waals surface area contributed by atoms with Gasteiger partial charge < -0.3 is 19.7 Å². The lowest BCUT2D eigenvalue weighted by Gasteiger charge is -2.31. The summed E-state index contributed by atoms with van der Waals surface area (Å²) in [6, 6.07) is 7.72. The van der Waals surface area contributed by atoms with Gasteiger partial charge in [0.25, 0.3) is 0 Å². The molecular weight excluding hydrogens is 328 g/mol. The zero-order valence-electron chi connectivity index (χ0n) is 13.8. The quantitative estimate of drug-likeness (QED) is 0.841. The molecule has 0 fully saturated rings. The van der Waals surface area contributed by atoms with Crippen molar-refractivity contribution in [2.75, 3.05) is 13.7 Å². The number of hydrogen-bond donors (Lipinski definition) is 1. The average molecular weight is 347 g/mol. The van der Waals surface area contributed by atoms with Gasteiger partial charge in [0.1, 0.15) is 12.8 Å². The SMILES string of the molecule is COC(=O)OCC1=CN2C(C)=C(C)NC2C(c2cccc(Cl)c2)=C1. The van der Waals surface area contributed by atoms with Gasteiger partial charge in [-0.25, -0.2) is 4.79 Å². The van der Waals surface area contributed by atoms with Gasteiger partial charge in [-0.2, -0.15) is 0 Å². The van der Waals surface area contributed by atoms with Crippen LogP contribution >= 0.6 is 11.6 Å². The Hall–Kier alpha value is -2.40. The van der Waals surface area contributed by atoms with E-state index in [-0.39, 0.29) is 12.8 Å². The molecule has 126 valence electrons. The molecule has 0 spiro atoms. The van der Waals surface area contributed by atoms with Gasteiger partial charge in [0, 0.05) is 33.8 Å². The molecule has 2 aliphatic heterocycles. The van der Waals surface area contributed by atoms with E-state index >= 15 is 0 Å². The van der Waals surface area contributed by atoms with E-state index < -0.39 is 6.16 Å². The molecule has 1 aromatic carbocycles. The predicted molar refractivity (Wildman–Crippen MR) is 93.0 cm³/mol. The standard InChI is InChI=1S/C18H19ClN2O3/c1-11-12(2)21-9-13(10-24-18(22)23-3)7-16(17(21)20-11)14-5-4-6-15(19)8-14/h4-9,17,20H,10H2,1-3H3. The lowest BCUT2D eigenvalue weighted by Crippen LogP contribution is -2.37. The summed E-state index contributed by atoms with van der Waals surface area (Å²) < 4.78 is 9.62. The van der Waals surface area contributed by atoms with E-state index in [9.17, 15) is 4.79 Å². The Morgan fingerprint density at radius 1 is 1.38 bits per heavy atom. The van der Waals surface area contributed by atoms with Crippen LogP contribution in [0.5, 0.6) is 0 Å². The molecule has 0 amide bonds. The summed E-state index contributed by atoms with van der Waals surface area (Å²) in [5, 5.41) is 4.17. The van der Waals surface area contributed by atoms with Gasteiger partial charge in [0.05, 0.1) is 7.11 Å². The Morgan fingerprint density at radius 3 is 2.88 bits per heavy atom. The third-order valence-corrected chi connectivity index (χ3v) is 4.42. The van der Waals surface area contributed by atoms with Crippen LogP contribution in [-0.4, -0.2) is 30.9 Å². The van der Waals surface area contributed by atoms with Crippen LogP contribution in [0.3, 0.4) is 0 Å². The van der Waals surface area contributed by atoms with Crippen LogP contribution < -0.4 is 5.32 Å². The number of halogens is 1. The fraction of sp³-hybridized carbons (Fsp3) is 0.278. The molecule has 2 heterocycles. The van der Waals surface area contributed by atoms with Gasteiger partial charge in [0.15, 0.2) is 0 Å². The van der Waals surface area contributed by atoms with Gasteiger partial charge in [-0.15, -0.1) is 0 Å². The van der Waals surface area contributed by atoms with E-state index in [0.717, 1.165) is 28.1 Å². The number of allylic oxidation sites excluding steroid dienone is 2. The molecule has 24 heavy (non-hydrogen) atoms. The molecule has 2 aliphatic rings. The summed E-state index contributed by atoms with van der Waals surface area (Å²) in [7, 11) is 1.29. The van der Waals surface area contributed by atoms with E-state index in [1.54, 1.807) is 0 Å². The molecule has 0 aliphatic carbocycles. The summed E-state index contributed by atoms with van der Waals surface area (Å²) in [5.74, 6) is 0. The highest BCUT2D eigenvalue weighted by Gasteiger charge is 2.32. The number of nitrogens with one attached hydrogen (secondary N) is 1. The highest BCUT2D eigenvalue weighted by molar-refractivity contribution is 6.30. The van der Waals surface area contributed by atoms with Crippen LogP contribution in [0.4, 0.5) is 4.79 Å². The highest BCUT2D eigenvalue weighted by atomic mass is 35.5. The van der Waals surface area contributed by atoms with Crippen molar-refractivity contribution in [2.45, 2.75) is 20.0 Å². The summed E-state index contributed by atoms with van der Waals surface area (Å²) in [6.45, 7) is 4.24. The van der Waals surface area contributed by atoms with Crippen molar-refractivity contribution in [1.29, 1.82) is 0 Å². The van der Waals surface area contributed by atoms with Gasteiger partial charge >= 0.3 is 6.16 Å². The first-order valence-electron chi connectivity index (χ1n) is 7.61.